The second-order valence-electron chi connectivity index (χ2n) is 9.54. The van der Waals surface area contributed by atoms with E-state index >= 15 is 0 Å². The van der Waals surface area contributed by atoms with Crippen molar-refractivity contribution in [1.82, 2.24) is 4.90 Å². The fourth-order valence-electron chi connectivity index (χ4n) is 5.81. The Hall–Kier alpha value is -1.79. The number of hydrogen-bond donors (Lipinski definition) is 1. The molecule has 3 atom stereocenters. The summed E-state index contributed by atoms with van der Waals surface area (Å²) in [6.45, 7) is 2.26. The number of amides is 1. The molecule has 3 nitrogen and oxygen atoms in total. The SMILES string of the molecule is C[C@@H]1CCc2c(C(=O)N3[C@H]4CC[C@H]3CC(O)(Cc3ccc(F)cc3F)C4)csc2C1. The van der Waals surface area contributed by atoms with Crippen molar-refractivity contribution in [2.75, 3.05) is 0 Å². The molecule has 5 rings (SSSR count). The van der Waals surface area contributed by atoms with Crippen LogP contribution in [-0.4, -0.2) is 33.6 Å². The van der Waals surface area contributed by atoms with Gasteiger partial charge in [-0.25, -0.2) is 8.78 Å². The molecule has 2 bridgehead atoms. The normalized spacial score (nSPS) is 30.4. The summed E-state index contributed by atoms with van der Waals surface area (Å²) in [5.74, 6) is -0.456. The zero-order chi connectivity index (χ0) is 21.0. The molecule has 2 aliphatic heterocycles. The second-order valence-corrected chi connectivity index (χ2v) is 10.5. The standard InChI is InChI=1S/C24H27F2NO2S/c1-14-2-7-19-20(13-30-22(19)8-14)23(28)27-17-5-6-18(27)12-24(29,11-17)10-15-3-4-16(25)9-21(15)26/h3-4,9,13-14,17-18,29H,2,5-8,10-12H2,1H3/t14-,17+,18+/m1/s1. The van der Waals surface area contributed by atoms with Crippen LogP contribution in [0.1, 0.15) is 65.4 Å². The first-order valence-corrected chi connectivity index (χ1v) is 11.8. The number of thiophene rings is 1. The van der Waals surface area contributed by atoms with Gasteiger partial charge in [0.15, 0.2) is 0 Å². The lowest BCUT2D eigenvalue weighted by molar-refractivity contribution is -0.0431. The summed E-state index contributed by atoms with van der Waals surface area (Å²) in [5, 5.41) is 13.3. The van der Waals surface area contributed by atoms with Gasteiger partial charge < -0.3 is 10.0 Å². The summed E-state index contributed by atoms with van der Waals surface area (Å²) in [5.41, 5.74) is 1.36. The van der Waals surface area contributed by atoms with Crippen LogP contribution in [0.15, 0.2) is 23.6 Å². The third kappa shape index (κ3) is 3.48. The first kappa shape index (κ1) is 20.1. The molecule has 1 N–H and O–H groups in total. The number of rotatable bonds is 3. The monoisotopic (exact) mass is 431 g/mol. The Labute approximate surface area is 179 Å². The lowest BCUT2D eigenvalue weighted by Gasteiger charge is -2.44. The van der Waals surface area contributed by atoms with Crippen molar-refractivity contribution in [2.24, 2.45) is 5.92 Å². The van der Waals surface area contributed by atoms with Gasteiger partial charge in [0, 0.05) is 34.8 Å². The zero-order valence-corrected chi connectivity index (χ0v) is 18.0. The predicted molar refractivity (Wildman–Crippen MR) is 113 cm³/mol. The van der Waals surface area contributed by atoms with Gasteiger partial charge in [0.2, 0.25) is 0 Å². The maximum Gasteiger partial charge on any atom is 0.255 e. The van der Waals surface area contributed by atoms with E-state index in [0.717, 1.165) is 43.7 Å². The van der Waals surface area contributed by atoms with Crippen LogP contribution in [0.3, 0.4) is 0 Å². The number of hydrogen-bond acceptors (Lipinski definition) is 3. The average Bonchev–Trinajstić information content (AvgIpc) is 3.22. The lowest BCUT2D eigenvalue weighted by Crippen LogP contribution is -2.54. The summed E-state index contributed by atoms with van der Waals surface area (Å²) in [4.78, 5) is 16.8. The van der Waals surface area contributed by atoms with Gasteiger partial charge in [0.1, 0.15) is 11.6 Å². The maximum absolute atomic E-state index is 14.1. The van der Waals surface area contributed by atoms with E-state index < -0.39 is 17.2 Å². The highest BCUT2D eigenvalue weighted by atomic mass is 32.1. The molecule has 1 amide bonds. The van der Waals surface area contributed by atoms with Crippen molar-refractivity contribution in [2.45, 2.75) is 76.0 Å². The first-order valence-electron chi connectivity index (χ1n) is 10.9. The van der Waals surface area contributed by atoms with Crippen LogP contribution in [0.4, 0.5) is 8.78 Å². The summed E-state index contributed by atoms with van der Waals surface area (Å²) >= 11 is 1.71. The van der Waals surface area contributed by atoms with Gasteiger partial charge >= 0.3 is 0 Å². The van der Waals surface area contributed by atoms with E-state index in [0.29, 0.717) is 24.3 Å². The number of nitrogens with zero attached hydrogens (tertiary/aromatic N) is 1. The van der Waals surface area contributed by atoms with Crippen LogP contribution in [-0.2, 0) is 19.3 Å². The third-order valence-electron chi connectivity index (χ3n) is 7.25. The van der Waals surface area contributed by atoms with E-state index in [2.05, 4.69) is 6.92 Å². The Morgan fingerprint density at radius 2 is 1.97 bits per heavy atom. The van der Waals surface area contributed by atoms with Gasteiger partial charge in [-0.05, 0) is 68.1 Å². The summed E-state index contributed by atoms with van der Waals surface area (Å²) in [7, 11) is 0. The molecule has 0 saturated carbocycles. The van der Waals surface area contributed by atoms with Crippen molar-refractivity contribution in [3.63, 3.8) is 0 Å². The van der Waals surface area contributed by atoms with Crippen LogP contribution >= 0.6 is 11.3 Å². The molecule has 1 aliphatic carbocycles. The largest absolute Gasteiger partial charge is 0.389 e. The van der Waals surface area contributed by atoms with Gasteiger partial charge in [0.25, 0.3) is 5.91 Å². The van der Waals surface area contributed by atoms with Crippen LogP contribution in [0.5, 0.6) is 0 Å². The fraction of sp³-hybridized carbons (Fsp3) is 0.542. The number of halogens is 2. The van der Waals surface area contributed by atoms with Crippen LogP contribution in [0.2, 0.25) is 0 Å². The van der Waals surface area contributed by atoms with E-state index in [-0.39, 0.29) is 24.4 Å². The number of carbonyl (C=O) groups is 1. The molecule has 0 radical (unpaired) electrons. The summed E-state index contributed by atoms with van der Waals surface area (Å²) in [6.07, 6.45) is 5.92. The van der Waals surface area contributed by atoms with Crippen molar-refractivity contribution in [3.05, 3.63) is 56.8 Å². The average molecular weight is 432 g/mol. The van der Waals surface area contributed by atoms with E-state index in [1.54, 1.807) is 11.3 Å². The third-order valence-corrected chi connectivity index (χ3v) is 8.30. The van der Waals surface area contributed by atoms with Gasteiger partial charge in [0.05, 0.1) is 11.2 Å². The highest BCUT2D eigenvalue weighted by Crippen LogP contribution is 2.44. The Balaban J connectivity index is 1.35. The van der Waals surface area contributed by atoms with Crippen molar-refractivity contribution < 1.29 is 18.7 Å². The molecule has 0 unspecified atom stereocenters. The molecule has 0 spiro atoms. The van der Waals surface area contributed by atoms with Crippen molar-refractivity contribution in [1.29, 1.82) is 0 Å². The molecule has 2 aromatic rings. The summed E-state index contributed by atoms with van der Waals surface area (Å²) in [6, 6.07) is 3.47. The molecule has 2 fully saturated rings. The minimum Gasteiger partial charge on any atom is -0.389 e. The zero-order valence-electron chi connectivity index (χ0n) is 17.2. The Morgan fingerprint density at radius 3 is 2.67 bits per heavy atom. The Morgan fingerprint density at radius 1 is 1.23 bits per heavy atom. The van der Waals surface area contributed by atoms with Gasteiger partial charge in [-0.3, -0.25) is 4.79 Å². The summed E-state index contributed by atoms with van der Waals surface area (Å²) < 4.78 is 27.4. The molecule has 2 saturated heterocycles. The minimum atomic E-state index is -1.06. The molecule has 6 heteroatoms. The number of aliphatic hydroxyl groups is 1. The van der Waals surface area contributed by atoms with Gasteiger partial charge in [-0.2, -0.15) is 0 Å². The number of piperidine rings is 1. The van der Waals surface area contributed by atoms with Gasteiger partial charge in [-0.15, -0.1) is 11.3 Å². The molecule has 3 heterocycles. The van der Waals surface area contributed by atoms with Crippen LogP contribution in [0, 0.1) is 17.6 Å². The van der Waals surface area contributed by atoms with Crippen molar-refractivity contribution >= 4 is 17.2 Å². The first-order chi connectivity index (χ1) is 14.3. The maximum atomic E-state index is 14.1. The molecular weight excluding hydrogens is 404 g/mol. The molecular formula is C24H27F2NO2S. The van der Waals surface area contributed by atoms with Crippen LogP contribution < -0.4 is 0 Å². The highest BCUT2D eigenvalue weighted by Gasteiger charge is 2.50. The lowest BCUT2D eigenvalue weighted by atomic mass is 9.80. The topological polar surface area (TPSA) is 40.5 Å². The highest BCUT2D eigenvalue weighted by molar-refractivity contribution is 7.10. The van der Waals surface area contributed by atoms with E-state index in [1.165, 1.54) is 22.6 Å². The quantitative estimate of drug-likeness (QED) is 0.752. The molecule has 1 aromatic heterocycles. The molecule has 1 aromatic carbocycles. The molecule has 160 valence electrons. The van der Waals surface area contributed by atoms with Crippen molar-refractivity contribution in [3.8, 4) is 0 Å². The minimum absolute atomic E-state index is 0.0252. The van der Waals surface area contributed by atoms with E-state index in [4.69, 9.17) is 0 Å². The van der Waals surface area contributed by atoms with Crippen LogP contribution in [0.25, 0.3) is 0 Å². The van der Waals surface area contributed by atoms with Gasteiger partial charge in [-0.1, -0.05) is 13.0 Å². The van der Waals surface area contributed by atoms with E-state index in [9.17, 15) is 18.7 Å². The smallest absolute Gasteiger partial charge is 0.255 e. The second kappa shape index (κ2) is 7.41. The fourth-order valence-corrected chi connectivity index (χ4v) is 7.05. The Bertz CT molecular complexity index is 974. The Kier molecular flexibility index (Phi) is 4.98. The molecule has 30 heavy (non-hydrogen) atoms. The molecule has 3 aliphatic rings. The number of fused-ring (bicyclic) bond motifs is 3. The number of benzene rings is 1. The van der Waals surface area contributed by atoms with E-state index in [1.807, 2.05) is 10.3 Å². The predicted octanol–water partition coefficient (Wildman–Crippen LogP) is 4.89. The number of carbonyl (C=O) groups excluding carboxylic acids is 1.